The second-order valence-corrected chi connectivity index (χ2v) is 6.60. The lowest BCUT2D eigenvalue weighted by Crippen LogP contribution is -2.36. The highest BCUT2D eigenvalue weighted by atomic mass is 16.5. The van der Waals surface area contributed by atoms with Crippen molar-refractivity contribution < 1.29 is 19.1 Å². The van der Waals surface area contributed by atoms with E-state index in [2.05, 4.69) is 15.5 Å². The van der Waals surface area contributed by atoms with E-state index in [0.717, 1.165) is 37.7 Å². The summed E-state index contributed by atoms with van der Waals surface area (Å²) in [5.41, 5.74) is 2.51. The summed E-state index contributed by atoms with van der Waals surface area (Å²) < 4.78 is 11.0. The topological polar surface area (TPSA) is 79.9 Å². The van der Waals surface area contributed by atoms with Gasteiger partial charge >= 0.3 is 0 Å². The van der Waals surface area contributed by atoms with Gasteiger partial charge < -0.3 is 25.0 Å². The van der Waals surface area contributed by atoms with Crippen LogP contribution in [0.15, 0.2) is 48.5 Å². The van der Waals surface area contributed by atoms with Gasteiger partial charge in [0.1, 0.15) is 5.75 Å². The third kappa shape index (κ3) is 5.47. The van der Waals surface area contributed by atoms with Gasteiger partial charge in [-0.1, -0.05) is 0 Å². The first-order chi connectivity index (χ1) is 13.5. The minimum Gasteiger partial charge on any atom is -0.481 e. The number of anilines is 3. The highest BCUT2D eigenvalue weighted by Crippen LogP contribution is 2.20. The molecule has 0 aliphatic carbocycles. The summed E-state index contributed by atoms with van der Waals surface area (Å²) in [5, 5.41) is 5.55. The number of ether oxygens (including phenoxy) is 2. The van der Waals surface area contributed by atoms with Gasteiger partial charge in [0.05, 0.1) is 13.2 Å². The van der Waals surface area contributed by atoms with E-state index in [4.69, 9.17) is 9.47 Å². The van der Waals surface area contributed by atoms with Crippen molar-refractivity contribution in [2.24, 2.45) is 0 Å². The Kier molecular flexibility index (Phi) is 6.49. The van der Waals surface area contributed by atoms with E-state index >= 15 is 0 Å². The molecule has 3 rings (SSSR count). The molecular weight excluding hydrogens is 358 g/mol. The van der Waals surface area contributed by atoms with Crippen LogP contribution in [0.2, 0.25) is 0 Å². The lowest BCUT2D eigenvalue weighted by molar-refractivity contribution is -0.122. The number of nitrogens with one attached hydrogen (secondary N) is 2. The minimum absolute atomic E-state index is 0.138. The molecule has 1 fully saturated rings. The van der Waals surface area contributed by atoms with E-state index in [0.29, 0.717) is 11.4 Å². The fourth-order valence-corrected chi connectivity index (χ4v) is 2.90. The quantitative estimate of drug-likeness (QED) is 0.802. The average molecular weight is 383 g/mol. The molecule has 1 aliphatic rings. The van der Waals surface area contributed by atoms with Crippen LogP contribution in [0.5, 0.6) is 5.75 Å². The van der Waals surface area contributed by atoms with Crippen LogP contribution in [0.25, 0.3) is 0 Å². The largest absolute Gasteiger partial charge is 0.481 e. The third-order valence-corrected chi connectivity index (χ3v) is 4.37. The molecule has 2 aromatic carbocycles. The zero-order valence-electron chi connectivity index (χ0n) is 16.1. The van der Waals surface area contributed by atoms with Gasteiger partial charge in [-0.05, 0) is 55.5 Å². The lowest BCUT2D eigenvalue weighted by atomic mass is 10.2. The molecule has 28 heavy (non-hydrogen) atoms. The first kappa shape index (κ1) is 19.7. The summed E-state index contributed by atoms with van der Waals surface area (Å²) in [4.78, 5) is 25.7. The Bertz CT molecular complexity index is 799. The van der Waals surface area contributed by atoms with Gasteiger partial charge in [-0.2, -0.15) is 0 Å². The molecule has 0 unspecified atom stereocenters. The summed E-state index contributed by atoms with van der Waals surface area (Å²) in [6, 6.07) is 14.6. The Morgan fingerprint density at radius 2 is 1.54 bits per heavy atom. The third-order valence-electron chi connectivity index (χ3n) is 4.37. The molecule has 148 valence electrons. The van der Waals surface area contributed by atoms with E-state index in [9.17, 15) is 9.59 Å². The van der Waals surface area contributed by atoms with Gasteiger partial charge in [-0.25, -0.2) is 0 Å². The number of morpholine rings is 1. The van der Waals surface area contributed by atoms with E-state index in [1.54, 1.807) is 31.2 Å². The molecule has 2 N–H and O–H groups in total. The van der Waals surface area contributed by atoms with Gasteiger partial charge in [0.15, 0.2) is 6.10 Å². The molecule has 2 aromatic rings. The van der Waals surface area contributed by atoms with Crippen LogP contribution in [0, 0.1) is 0 Å². The van der Waals surface area contributed by atoms with Crippen LogP contribution in [0.3, 0.4) is 0 Å². The molecule has 1 aliphatic heterocycles. The molecule has 7 nitrogen and oxygen atoms in total. The van der Waals surface area contributed by atoms with Crippen LogP contribution in [0.1, 0.15) is 13.8 Å². The van der Waals surface area contributed by atoms with Crippen molar-refractivity contribution in [3.63, 3.8) is 0 Å². The Hall–Kier alpha value is -3.06. The summed E-state index contributed by atoms with van der Waals surface area (Å²) in [6.07, 6.45) is -0.662. The Morgan fingerprint density at radius 1 is 0.964 bits per heavy atom. The highest BCUT2D eigenvalue weighted by Gasteiger charge is 2.16. The number of benzene rings is 2. The molecule has 0 bridgehead atoms. The zero-order chi connectivity index (χ0) is 19.9. The van der Waals surface area contributed by atoms with Crippen molar-refractivity contribution in [3.05, 3.63) is 48.5 Å². The number of carbonyl (C=O) groups excluding carboxylic acids is 2. The normalized spacial score (nSPS) is 14.9. The van der Waals surface area contributed by atoms with Crippen LogP contribution >= 0.6 is 0 Å². The number of rotatable bonds is 6. The van der Waals surface area contributed by atoms with E-state index in [1.165, 1.54) is 6.92 Å². The second kappa shape index (κ2) is 9.23. The SMILES string of the molecule is CC(=O)Nc1ccc(O[C@@H](C)C(=O)Nc2ccc(N3CCOCC3)cc2)cc1. The smallest absolute Gasteiger partial charge is 0.265 e. The molecule has 1 saturated heterocycles. The Morgan fingerprint density at radius 3 is 2.14 bits per heavy atom. The van der Waals surface area contributed by atoms with Crippen molar-refractivity contribution in [2.75, 3.05) is 41.8 Å². The van der Waals surface area contributed by atoms with Gasteiger partial charge in [0.2, 0.25) is 5.91 Å². The zero-order valence-corrected chi connectivity index (χ0v) is 16.1. The second-order valence-electron chi connectivity index (χ2n) is 6.60. The van der Waals surface area contributed by atoms with Crippen molar-refractivity contribution in [1.82, 2.24) is 0 Å². The van der Waals surface area contributed by atoms with Crippen molar-refractivity contribution >= 4 is 28.9 Å². The first-order valence-corrected chi connectivity index (χ1v) is 9.29. The number of carbonyl (C=O) groups is 2. The fraction of sp³-hybridized carbons (Fsp3) is 0.333. The van der Waals surface area contributed by atoms with Crippen molar-refractivity contribution in [1.29, 1.82) is 0 Å². The molecule has 2 amide bonds. The van der Waals surface area contributed by atoms with Gasteiger partial charge in [0, 0.05) is 37.1 Å². The summed E-state index contributed by atoms with van der Waals surface area (Å²) >= 11 is 0. The first-order valence-electron chi connectivity index (χ1n) is 9.29. The van der Waals surface area contributed by atoms with Crippen LogP contribution in [-0.4, -0.2) is 44.2 Å². The summed E-state index contributed by atoms with van der Waals surface area (Å²) in [5.74, 6) is 0.186. The number of nitrogens with zero attached hydrogens (tertiary/aromatic N) is 1. The standard InChI is InChI=1S/C21H25N3O4/c1-15(28-20-9-5-17(6-10-20)22-16(2)25)21(26)23-18-3-7-19(8-4-18)24-11-13-27-14-12-24/h3-10,15H,11-14H2,1-2H3,(H,22,25)(H,23,26)/t15-/m0/s1. The monoisotopic (exact) mass is 383 g/mol. The van der Waals surface area contributed by atoms with Crippen molar-refractivity contribution in [3.8, 4) is 5.75 Å². The maximum Gasteiger partial charge on any atom is 0.265 e. The van der Waals surface area contributed by atoms with Gasteiger partial charge in [0.25, 0.3) is 5.91 Å². The molecule has 1 atom stereocenters. The lowest BCUT2D eigenvalue weighted by Gasteiger charge is -2.29. The minimum atomic E-state index is -0.662. The van der Waals surface area contributed by atoms with Crippen LogP contribution < -0.4 is 20.3 Å². The molecule has 7 heteroatoms. The molecule has 0 radical (unpaired) electrons. The van der Waals surface area contributed by atoms with Gasteiger partial charge in [-0.15, -0.1) is 0 Å². The van der Waals surface area contributed by atoms with Crippen LogP contribution in [-0.2, 0) is 14.3 Å². The van der Waals surface area contributed by atoms with Gasteiger partial charge in [-0.3, -0.25) is 9.59 Å². The van der Waals surface area contributed by atoms with E-state index in [1.807, 2.05) is 24.3 Å². The molecule has 0 aromatic heterocycles. The highest BCUT2D eigenvalue weighted by molar-refractivity contribution is 5.94. The van der Waals surface area contributed by atoms with Crippen molar-refractivity contribution in [2.45, 2.75) is 20.0 Å². The number of hydrogen-bond acceptors (Lipinski definition) is 5. The Balaban J connectivity index is 1.52. The maximum atomic E-state index is 12.4. The fourth-order valence-electron chi connectivity index (χ4n) is 2.90. The predicted molar refractivity (Wildman–Crippen MR) is 109 cm³/mol. The maximum absolute atomic E-state index is 12.4. The summed E-state index contributed by atoms with van der Waals surface area (Å²) in [7, 11) is 0. The number of hydrogen-bond donors (Lipinski definition) is 2. The van der Waals surface area contributed by atoms with E-state index < -0.39 is 6.10 Å². The van der Waals surface area contributed by atoms with E-state index in [-0.39, 0.29) is 11.8 Å². The Labute approximate surface area is 164 Å². The predicted octanol–water partition coefficient (Wildman–Crippen LogP) is 2.89. The number of amides is 2. The van der Waals surface area contributed by atoms with Crippen LogP contribution in [0.4, 0.5) is 17.1 Å². The molecule has 0 spiro atoms. The summed E-state index contributed by atoms with van der Waals surface area (Å²) in [6.45, 7) is 6.36. The molecule has 1 heterocycles. The molecule has 0 saturated carbocycles. The molecular formula is C21H25N3O4. The average Bonchev–Trinajstić information content (AvgIpc) is 2.70.